The van der Waals surface area contributed by atoms with Crippen LogP contribution in [0.25, 0.3) is 22.2 Å². The molecule has 4 aromatic rings. The van der Waals surface area contributed by atoms with E-state index < -0.39 is 22.2 Å². The average molecular weight is 460 g/mol. The summed E-state index contributed by atoms with van der Waals surface area (Å²) in [7, 11) is 0. The third-order valence-electron chi connectivity index (χ3n) is 5.32. The molecule has 33 heavy (non-hydrogen) atoms. The van der Waals surface area contributed by atoms with E-state index in [0.29, 0.717) is 29.1 Å². The minimum absolute atomic E-state index is 0.343. The number of fused-ring (bicyclic) bond motifs is 1. The Morgan fingerprint density at radius 1 is 1.15 bits per heavy atom. The Bertz CT molecular complexity index is 1320. The van der Waals surface area contributed by atoms with Crippen molar-refractivity contribution in [2.75, 3.05) is 0 Å². The zero-order chi connectivity index (χ0) is 23.6. The van der Waals surface area contributed by atoms with Gasteiger partial charge in [-0.15, -0.1) is 4.72 Å². The molecule has 0 aliphatic heterocycles. The number of benzene rings is 1. The molecule has 0 bridgehead atoms. The summed E-state index contributed by atoms with van der Waals surface area (Å²) in [5.74, 6) is 0. The first-order chi connectivity index (χ1) is 15.8. The lowest BCUT2D eigenvalue weighted by Crippen LogP contribution is -2.42. The van der Waals surface area contributed by atoms with Crippen LogP contribution in [0, 0.1) is 18.3 Å². The van der Waals surface area contributed by atoms with E-state index in [1.807, 2.05) is 70.2 Å². The van der Waals surface area contributed by atoms with Crippen LogP contribution in [0.2, 0.25) is 0 Å². The monoisotopic (exact) mass is 459 g/mol. The van der Waals surface area contributed by atoms with Gasteiger partial charge in [0.1, 0.15) is 28.2 Å². The number of nitriles is 1. The second-order valence-electron chi connectivity index (χ2n) is 8.79. The molecular weight excluding hydrogens is 434 g/mol. The van der Waals surface area contributed by atoms with Crippen LogP contribution in [-0.4, -0.2) is 24.4 Å². The number of hydrogen-bond donors (Lipinski definition) is 1. The molecule has 0 fully saturated rings. The average Bonchev–Trinajstić information content (AvgIpc) is 3.23. The first kappa shape index (κ1) is 22.9. The zero-order valence-electron chi connectivity index (χ0n) is 19.0. The summed E-state index contributed by atoms with van der Waals surface area (Å²) < 4.78 is 21.4. The maximum Gasteiger partial charge on any atom is 0.167 e. The van der Waals surface area contributed by atoms with Crippen LogP contribution in [0.15, 0.2) is 59.3 Å². The van der Waals surface area contributed by atoms with E-state index in [4.69, 9.17) is 4.52 Å². The Labute approximate surface area is 196 Å². The summed E-state index contributed by atoms with van der Waals surface area (Å²) in [5, 5.41) is 14.5. The van der Waals surface area contributed by atoms with Crippen molar-refractivity contribution in [3.8, 4) is 17.3 Å². The molecule has 3 heterocycles. The number of nitrogens with zero attached hydrogens (tertiary/aromatic N) is 4. The van der Waals surface area contributed by atoms with Crippen LogP contribution in [0.1, 0.15) is 49.5 Å². The Balaban J connectivity index is 1.82. The maximum absolute atomic E-state index is 13.1. The molecule has 3 aromatic heterocycles. The highest BCUT2D eigenvalue weighted by atomic mass is 32.2. The van der Waals surface area contributed by atoms with Crippen LogP contribution in [0.5, 0.6) is 0 Å². The summed E-state index contributed by atoms with van der Waals surface area (Å²) >= 11 is -1.36. The van der Waals surface area contributed by atoms with Crippen molar-refractivity contribution in [3.63, 3.8) is 0 Å². The van der Waals surface area contributed by atoms with Gasteiger partial charge in [-0.2, -0.15) is 5.26 Å². The Morgan fingerprint density at radius 2 is 1.94 bits per heavy atom. The van der Waals surface area contributed by atoms with Crippen LogP contribution < -0.4 is 4.72 Å². The van der Waals surface area contributed by atoms with E-state index in [1.54, 1.807) is 12.3 Å². The summed E-state index contributed by atoms with van der Waals surface area (Å²) in [6.07, 6.45) is 2.12. The lowest BCUT2D eigenvalue weighted by Gasteiger charge is -2.28. The minimum Gasteiger partial charge on any atom is -0.598 e. The molecule has 7 nitrogen and oxygen atoms in total. The van der Waals surface area contributed by atoms with Crippen molar-refractivity contribution in [2.24, 2.45) is 0 Å². The summed E-state index contributed by atoms with van der Waals surface area (Å²) in [6, 6.07) is 16.7. The molecule has 0 aliphatic carbocycles. The largest absolute Gasteiger partial charge is 0.598 e. The van der Waals surface area contributed by atoms with Gasteiger partial charge in [-0.1, -0.05) is 23.4 Å². The van der Waals surface area contributed by atoms with Gasteiger partial charge in [0.25, 0.3) is 0 Å². The second-order valence-corrected chi connectivity index (χ2v) is 10.8. The van der Waals surface area contributed by atoms with Crippen molar-refractivity contribution in [1.82, 2.24) is 19.8 Å². The molecule has 2 atom stereocenters. The summed E-state index contributed by atoms with van der Waals surface area (Å²) in [6.45, 7) is 7.69. The number of aromatic nitrogens is 3. The number of para-hydroxylation sites is 1. The van der Waals surface area contributed by atoms with Gasteiger partial charge < -0.3 is 9.08 Å². The zero-order valence-corrected chi connectivity index (χ0v) is 19.8. The second kappa shape index (κ2) is 9.32. The Hall–Kier alpha value is -3.25. The van der Waals surface area contributed by atoms with Gasteiger partial charge in [0.15, 0.2) is 5.58 Å². The van der Waals surface area contributed by atoms with Crippen LogP contribution in [0.3, 0.4) is 0 Å². The molecule has 0 aliphatic rings. The Kier molecular flexibility index (Phi) is 6.47. The lowest BCUT2D eigenvalue weighted by atomic mass is 9.98. The molecule has 1 aromatic carbocycles. The molecule has 1 N–H and O–H groups in total. The van der Waals surface area contributed by atoms with Gasteiger partial charge in [-0.3, -0.25) is 4.98 Å². The number of nitrogens with one attached hydrogen (secondary N) is 1. The third-order valence-corrected chi connectivity index (χ3v) is 6.93. The van der Waals surface area contributed by atoms with Gasteiger partial charge in [-0.05, 0) is 63.6 Å². The number of hydrogen-bond acceptors (Lipinski definition) is 7. The molecule has 0 amide bonds. The number of aryl methyl sites for hydroxylation is 1. The van der Waals surface area contributed by atoms with Gasteiger partial charge in [0, 0.05) is 40.6 Å². The molecular formula is C25H25N5O2S. The predicted molar refractivity (Wildman–Crippen MR) is 128 cm³/mol. The smallest absolute Gasteiger partial charge is 0.167 e. The van der Waals surface area contributed by atoms with E-state index in [2.05, 4.69) is 25.9 Å². The van der Waals surface area contributed by atoms with Crippen LogP contribution >= 0.6 is 0 Å². The van der Waals surface area contributed by atoms with Crippen LogP contribution in [0.4, 0.5) is 0 Å². The quantitative estimate of drug-likeness (QED) is 0.412. The van der Waals surface area contributed by atoms with Crippen molar-refractivity contribution in [3.05, 3.63) is 77.4 Å². The lowest BCUT2D eigenvalue weighted by molar-refractivity contribution is 0.459. The fourth-order valence-corrected chi connectivity index (χ4v) is 4.32. The van der Waals surface area contributed by atoms with Gasteiger partial charge in [0.2, 0.25) is 0 Å². The first-order valence-corrected chi connectivity index (χ1v) is 11.8. The van der Waals surface area contributed by atoms with Crippen molar-refractivity contribution >= 4 is 22.3 Å². The minimum atomic E-state index is -1.36. The van der Waals surface area contributed by atoms with Gasteiger partial charge in [0.05, 0.1) is 5.69 Å². The van der Waals surface area contributed by atoms with E-state index in [1.165, 1.54) is 0 Å². The fourth-order valence-electron chi connectivity index (χ4n) is 3.51. The standard InChI is InChI=1S/C25H25N5O2S/c1-16-11-12-17(15-26)28-20(16)14-21(30-33(31)25(2,3)4)24-19(9-7-13-27-24)23-18-8-5-6-10-22(18)32-29-23/h5-13,21,30H,14H2,1-4H3/t21-,33?/m0/s1. The van der Waals surface area contributed by atoms with E-state index in [-0.39, 0.29) is 0 Å². The number of rotatable bonds is 6. The van der Waals surface area contributed by atoms with E-state index in [0.717, 1.165) is 22.2 Å². The molecule has 1 unspecified atom stereocenters. The van der Waals surface area contributed by atoms with E-state index >= 15 is 0 Å². The predicted octanol–water partition coefficient (Wildman–Crippen LogP) is 4.80. The fraction of sp³-hybridized carbons (Fsp3) is 0.280. The summed E-state index contributed by atoms with van der Waals surface area (Å²) in [5.41, 5.74) is 4.89. The Morgan fingerprint density at radius 3 is 2.70 bits per heavy atom. The molecule has 0 saturated heterocycles. The topological polar surface area (TPSA) is 111 Å². The molecule has 0 spiro atoms. The summed E-state index contributed by atoms with van der Waals surface area (Å²) in [4.78, 5) is 9.18. The highest BCUT2D eigenvalue weighted by molar-refractivity contribution is 7.90. The maximum atomic E-state index is 13.1. The first-order valence-electron chi connectivity index (χ1n) is 10.6. The normalized spacial score (nSPS) is 13.6. The van der Waals surface area contributed by atoms with Crippen molar-refractivity contribution in [2.45, 2.75) is 44.9 Å². The number of pyridine rings is 2. The molecule has 8 heteroatoms. The SMILES string of the molecule is Cc1ccc(C#N)nc1C[C@H](N[S+]([O-])C(C)(C)C)c1ncccc1-c1noc2ccccc12. The molecule has 4 rings (SSSR count). The van der Waals surface area contributed by atoms with Crippen molar-refractivity contribution in [1.29, 1.82) is 5.26 Å². The molecule has 168 valence electrons. The highest BCUT2D eigenvalue weighted by Crippen LogP contribution is 2.34. The van der Waals surface area contributed by atoms with Gasteiger partial charge in [-0.25, -0.2) is 4.98 Å². The molecule has 0 saturated carbocycles. The molecule has 0 radical (unpaired) electrons. The van der Waals surface area contributed by atoms with Crippen molar-refractivity contribution < 1.29 is 9.08 Å². The van der Waals surface area contributed by atoms with Gasteiger partial charge >= 0.3 is 0 Å². The third kappa shape index (κ3) is 4.91. The highest BCUT2D eigenvalue weighted by Gasteiger charge is 2.32. The van der Waals surface area contributed by atoms with Crippen LogP contribution in [-0.2, 0) is 17.8 Å². The van der Waals surface area contributed by atoms with E-state index in [9.17, 15) is 9.81 Å².